The van der Waals surface area contributed by atoms with Crippen LogP contribution in [0.25, 0.3) is 11.1 Å². The minimum Gasteiger partial charge on any atom is -0.504 e. The number of carbonyl (C=O) groups excluding carboxylic acids is 1. The van der Waals surface area contributed by atoms with Crippen LogP contribution in [0.5, 0.6) is 11.5 Å². The second-order valence-electron chi connectivity index (χ2n) is 6.62. The highest BCUT2D eigenvalue weighted by molar-refractivity contribution is 6.30. The quantitative estimate of drug-likeness (QED) is 0.830. The fraction of sp³-hybridized carbons (Fsp3) is 0.381. The van der Waals surface area contributed by atoms with Gasteiger partial charge in [-0.25, -0.2) is 0 Å². The second-order valence-corrected chi connectivity index (χ2v) is 7.05. The SMILES string of the molecule is CCCO[C@@H](C)C(=O)N1CCOc2c(O)cc(-c3cccc(Cl)c3)cc2C1. The predicted octanol–water partition coefficient (Wildman–Crippen LogP) is 4.25. The number of phenolic OH excluding ortho intramolecular Hbond substituents is 1. The van der Waals surface area contributed by atoms with Gasteiger partial charge in [0.2, 0.25) is 0 Å². The average molecular weight is 390 g/mol. The number of amides is 1. The summed E-state index contributed by atoms with van der Waals surface area (Å²) in [5.41, 5.74) is 2.47. The summed E-state index contributed by atoms with van der Waals surface area (Å²) in [5.74, 6) is 0.415. The molecule has 3 rings (SSSR count). The Labute approximate surface area is 164 Å². The van der Waals surface area contributed by atoms with Crippen molar-refractivity contribution in [2.75, 3.05) is 19.8 Å². The first-order valence-electron chi connectivity index (χ1n) is 9.14. The number of hydrogen-bond donors (Lipinski definition) is 1. The lowest BCUT2D eigenvalue weighted by molar-refractivity contribution is -0.143. The van der Waals surface area contributed by atoms with E-state index >= 15 is 0 Å². The number of hydrogen-bond acceptors (Lipinski definition) is 4. The monoisotopic (exact) mass is 389 g/mol. The van der Waals surface area contributed by atoms with E-state index in [9.17, 15) is 9.90 Å². The molecule has 0 aliphatic carbocycles. The Bertz CT molecular complexity index is 824. The van der Waals surface area contributed by atoms with Crippen molar-refractivity contribution in [1.82, 2.24) is 4.90 Å². The maximum Gasteiger partial charge on any atom is 0.251 e. The zero-order valence-corrected chi connectivity index (χ0v) is 16.3. The Balaban J connectivity index is 1.88. The van der Waals surface area contributed by atoms with Crippen molar-refractivity contribution < 1.29 is 19.4 Å². The first kappa shape index (κ1) is 19.5. The molecule has 5 nitrogen and oxygen atoms in total. The highest BCUT2D eigenvalue weighted by atomic mass is 35.5. The summed E-state index contributed by atoms with van der Waals surface area (Å²) in [6, 6.07) is 11.0. The number of rotatable bonds is 5. The molecule has 0 saturated heterocycles. The van der Waals surface area contributed by atoms with Gasteiger partial charge >= 0.3 is 0 Å². The molecule has 2 aromatic carbocycles. The molecule has 6 heteroatoms. The largest absolute Gasteiger partial charge is 0.504 e. The first-order chi connectivity index (χ1) is 13.0. The minimum atomic E-state index is -0.504. The molecule has 144 valence electrons. The van der Waals surface area contributed by atoms with E-state index in [1.54, 1.807) is 24.0 Å². The number of halogens is 1. The third-order valence-corrected chi connectivity index (χ3v) is 4.74. The Kier molecular flexibility index (Phi) is 6.24. The molecule has 27 heavy (non-hydrogen) atoms. The van der Waals surface area contributed by atoms with Crippen LogP contribution in [-0.4, -0.2) is 41.8 Å². The van der Waals surface area contributed by atoms with Crippen molar-refractivity contribution in [1.29, 1.82) is 0 Å². The van der Waals surface area contributed by atoms with Gasteiger partial charge in [0, 0.05) is 23.7 Å². The van der Waals surface area contributed by atoms with Crippen LogP contribution in [0.4, 0.5) is 0 Å². The molecule has 1 N–H and O–H groups in total. The Hall–Kier alpha value is -2.24. The zero-order valence-electron chi connectivity index (χ0n) is 15.6. The Morgan fingerprint density at radius 3 is 2.89 bits per heavy atom. The van der Waals surface area contributed by atoms with Gasteiger partial charge in [-0.05, 0) is 48.7 Å². The van der Waals surface area contributed by atoms with E-state index < -0.39 is 6.10 Å². The molecule has 0 radical (unpaired) electrons. The van der Waals surface area contributed by atoms with Crippen LogP contribution in [0.1, 0.15) is 25.8 Å². The number of phenols is 1. The number of benzene rings is 2. The van der Waals surface area contributed by atoms with Gasteiger partial charge in [0.15, 0.2) is 11.5 Å². The molecule has 1 aliphatic heterocycles. The fourth-order valence-corrected chi connectivity index (χ4v) is 3.34. The smallest absolute Gasteiger partial charge is 0.251 e. The molecule has 0 spiro atoms. The molecule has 0 aromatic heterocycles. The second kappa shape index (κ2) is 8.63. The summed E-state index contributed by atoms with van der Waals surface area (Å²) in [6.45, 7) is 5.45. The van der Waals surface area contributed by atoms with E-state index in [1.807, 2.05) is 31.2 Å². The fourth-order valence-electron chi connectivity index (χ4n) is 3.14. The van der Waals surface area contributed by atoms with Gasteiger partial charge in [0.25, 0.3) is 5.91 Å². The third kappa shape index (κ3) is 4.54. The summed E-state index contributed by atoms with van der Waals surface area (Å²) in [5, 5.41) is 11.1. The van der Waals surface area contributed by atoms with E-state index in [-0.39, 0.29) is 11.7 Å². The number of carbonyl (C=O) groups is 1. The standard InChI is InChI=1S/C21H24ClNO4/c1-3-8-26-14(2)21(25)23-7-9-27-20-17(13-23)10-16(12-19(20)24)15-5-4-6-18(22)11-15/h4-6,10-12,14,24H,3,7-9,13H2,1-2H3/t14-/m0/s1. The topological polar surface area (TPSA) is 59.0 Å². The summed E-state index contributed by atoms with van der Waals surface area (Å²) in [7, 11) is 0. The van der Waals surface area contributed by atoms with Gasteiger partial charge in [0.05, 0.1) is 6.54 Å². The van der Waals surface area contributed by atoms with Gasteiger partial charge in [-0.3, -0.25) is 4.79 Å². The van der Waals surface area contributed by atoms with E-state index in [2.05, 4.69) is 0 Å². The molecule has 0 saturated carbocycles. The van der Waals surface area contributed by atoms with E-state index in [0.717, 1.165) is 23.1 Å². The molecule has 1 heterocycles. The summed E-state index contributed by atoms with van der Waals surface area (Å²) < 4.78 is 11.3. The zero-order chi connectivity index (χ0) is 19.4. The Morgan fingerprint density at radius 2 is 2.15 bits per heavy atom. The average Bonchev–Trinajstić information content (AvgIpc) is 2.88. The maximum absolute atomic E-state index is 12.7. The molecule has 2 aromatic rings. The highest BCUT2D eigenvalue weighted by Crippen LogP contribution is 2.38. The van der Waals surface area contributed by atoms with E-state index in [0.29, 0.717) is 37.1 Å². The van der Waals surface area contributed by atoms with E-state index in [4.69, 9.17) is 21.1 Å². The van der Waals surface area contributed by atoms with Crippen molar-refractivity contribution in [2.24, 2.45) is 0 Å². The normalized spacial score (nSPS) is 14.9. The van der Waals surface area contributed by atoms with Crippen molar-refractivity contribution >= 4 is 17.5 Å². The predicted molar refractivity (Wildman–Crippen MR) is 105 cm³/mol. The molecule has 1 aliphatic rings. The maximum atomic E-state index is 12.7. The van der Waals surface area contributed by atoms with Gasteiger partial charge < -0.3 is 19.5 Å². The van der Waals surface area contributed by atoms with Crippen LogP contribution in [0.3, 0.4) is 0 Å². The Morgan fingerprint density at radius 1 is 1.33 bits per heavy atom. The van der Waals surface area contributed by atoms with Gasteiger partial charge in [-0.2, -0.15) is 0 Å². The van der Waals surface area contributed by atoms with Gasteiger partial charge in [-0.1, -0.05) is 30.7 Å². The van der Waals surface area contributed by atoms with Crippen molar-refractivity contribution in [3.63, 3.8) is 0 Å². The summed E-state index contributed by atoms with van der Waals surface area (Å²) >= 11 is 6.09. The summed E-state index contributed by atoms with van der Waals surface area (Å²) in [6.07, 6.45) is 0.358. The van der Waals surface area contributed by atoms with Crippen LogP contribution in [0.15, 0.2) is 36.4 Å². The molecule has 0 bridgehead atoms. The number of fused-ring (bicyclic) bond motifs is 1. The van der Waals surface area contributed by atoms with E-state index in [1.165, 1.54) is 0 Å². The van der Waals surface area contributed by atoms with Gasteiger partial charge in [0.1, 0.15) is 12.7 Å². The van der Waals surface area contributed by atoms with Crippen LogP contribution in [0, 0.1) is 0 Å². The molecule has 1 atom stereocenters. The van der Waals surface area contributed by atoms with Crippen molar-refractivity contribution in [2.45, 2.75) is 32.9 Å². The molecular formula is C21H24ClNO4. The highest BCUT2D eigenvalue weighted by Gasteiger charge is 2.26. The summed E-state index contributed by atoms with van der Waals surface area (Å²) in [4.78, 5) is 14.4. The lowest BCUT2D eigenvalue weighted by Crippen LogP contribution is -2.40. The number of aromatic hydroxyl groups is 1. The van der Waals surface area contributed by atoms with Crippen molar-refractivity contribution in [3.8, 4) is 22.6 Å². The first-order valence-corrected chi connectivity index (χ1v) is 9.52. The van der Waals surface area contributed by atoms with Crippen LogP contribution >= 0.6 is 11.6 Å². The van der Waals surface area contributed by atoms with Crippen molar-refractivity contribution in [3.05, 3.63) is 47.0 Å². The lowest BCUT2D eigenvalue weighted by Gasteiger charge is -2.24. The molecule has 0 unspecified atom stereocenters. The minimum absolute atomic E-state index is 0.0621. The molecule has 1 amide bonds. The van der Waals surface area contributed by atoms with Crippen LogP contribution in [-0.2, 0) is 16.1 Å². The van der Waals surface area contributed by atoms with Crippen LogP contribution in [0.2, 0.25) is 5.02 Å². The molecule has 0 fully saturated rings. The number of ether oxygens (including phenoxy) is 2. The number of nitrogens with zero attached hydrogens (tertiary/aromatic N) is 1. The van der Waals surface area contributed by atoms with Gasteiger partial charge in [-0.15, -0.1) is 0 Å². The molecular weight excluding hydrogens is 366 g/mol. The third-order valence-electron chi connectivity index (χ3n) is 4.50. The van der Waals surface area contributed by atoms with Crippen LogP contribution < -0.4 is 4.74 Å². The lowest BCUT2D eigenvalue weighted by atomic mass is 10.0.